The molecule has 1 fully saturated rings. The summed E-state index contributed by atoms with van der Waals surface area (Å²) in [6, 6.07) is 7.59. The van der Waals surface area contributed by atoms with Crippen molar-refractivity contribution in [3.8, 4) is 6.07 Å². The van der Waals surface area contributed by atoms with Gasteiger partial charge in [-0.1, -0.05) is 6.07 Å². The average Bonchev–Trinajstić information content (AvgIpc) is 2.63. The standard InChI is InChI=1S/C15H18N4O5S/c1-2-24-15(20)14(11-16)18-17-12-4-3-5-13(10-12)25(21,22)19-6-8-23-9-7-19/h3-5,10,17H,2,6-9H2,1H3/b18-14-. The second-order valence-corrected chi connectivity index (χ2v) is 6.89. The molecule has 1 aromatic carbocycles. The summed E-state index contributed by atoms with van der Waals surface area (Å²) in [7, 11) is -3.65. The van der Waals surface area contributed by atoms with Gasteiger partial charge in [-0.15, -0.1) is 0 Å². The third-order valence-corrected chi connectivity index (χ3v) is 5.21. The molecule has 0 bridgehead atoms. The zero-order valence-corrected chi connectivity index (χ0v) is 14.5. The Morgan fingerprint density at radius 1 is 1.44 bits per heavy atom. The Bertz CT molecular complexity index is 794. The van der Waals surface area contributed by atoms with Crippen molar-refractivity contribution >= 4 is 27.4 Å². The smallest absolute Gasteiger partial charge is 0.369 e. The quantitative estimate of drug-likeness (QED) is 0.443. The molecule has 0 aliphatic carbocycles. The van der Waals surface area contributed by atoms with Crippen molar-refractivity contribution in [1.82, 2.24) is 4.31 Å². The molecule has 134 valence electrons. The molecule has 10 heteroatoms. The third kappa shape index (κ3) is 4.76. The fraction of sp³-hybridized carbons (Fsp3) is 0.400. The van der Waals surface area contributed by atoms with Crippen LogP contribution >= 0.6 is 0 Å². The van der Waals surface area contributed by atoms with Gasteiger partial charge in [-0.25, -0.2) is 13.2 Å². The summed E-state index contributed by atoms with van der Waals surface area (Å²) >= 11 is 0. The first-order valence-corrected chi connectivity index (χ1v) is 9.02. The van der Waals surface area contributed by atoms with Crippen molar-refractivity contribution in [3.05, 3.63) is 24.3 Å². The van der Waals surface area contributed by atoms with Crippen LogP contribution in [0.5, 0.6) is 0 Å². The second-order valence-electron chi connectivity index (χ2n) is 4.95. The third-order valence-electron chi connectivity index (χ3n) is 3.31. The molecule has 1 heterocycles. The van der Waals surface area contributed by atoms with Crippen LogP contribution in [0, 0.1) is 11.3 Å². The van der Waals surface area contributed by atoms with E-state index in [1.165, 1.54) is 16.4 Å². The van der Waals surface area contributed by atoms with Gasteiger partial charge < -0.3 is 9.47 Å². The molecular weight excluding hydrogens is 348 g/mol. The molecule has 0 radical (unpaired) electrons. The van der Waals surface area contributed by atoms with E-state index >= 15 is 0 Å². The van der Waals surface area contributed by atoms with E-state index in [0.717, 1.165) is 0 Å². The first kappa shape index (κ1) is 18.9. The number of morpholine rings is 1. The minimum absolute atomic E-state index is 0.0873. The second kappa shape index (κ2) is 8.57. The zero-order valence-electron chi connectivity index (χ0n) is 13.6. The van der Waals surface area contributed by atoms with Gasteiger partial charge in [0.1, 0.15) is 6.07 Å². The molecule has 1 aliphatic heterocycles. The molecule has 1 aromatic rings. The van der Waals surface area contributed by atoms with Gasteiger partial charge in [0, 0.05) is 13.1 Å². The molecule has 1 N–H and O–H groups in total. The number of anilines is 1. The number of rotatable bonds is 6. The maximum atomic E-state index is 12.6. The number of nitriles is 1. The highest BCUT2D eigenvalue weighted by atomic mass is 32.2. The van der Waals surface area contributed by atoms with Gasteiger partial charge in [-0.2, -0.15) is 14.7 Å². The van der Waals surface area contributed by atoms with E-state index in [1.807, 2.05) is 0 Å². The van der Waals surface area contributed by atoms with Crippen LogP contribution in [0.1, 0.15) is 6.92 Å². The lowest BCUT2D eigenvalue weighted by molar-refractivity contribution is -0.134. The van der Waals surface area contributed by atoms with Crippen molar-refractivity contribution in [2.45, 2.75) is 11.8 Å². The molecule has 0 saturated carbocycles. The molecule has 1 saturated heterocycles. The maximum Gasteiger partial charge on any atom is 0.369 e. The number of esters is 1. The minimum atomic E-state index is -3.65. The topological polar surface area (TPSA) is 121 Å². The lowest BCUT2D eigenvalue weighted by Crippen LogP contribution is -2.40. The number of hydrogen-bond donors (Lipinski definition) is 1. The van der Waals surface area contributed by atoms with E-state index in [2.05, 4.69) is 10.5 Å². The number of hydrazone groups is 1. The summed E-state index contributed by atoms with van der Waals surface area (Å²) in [5, 5.41) is 12.6. The van der Waals surface area contributed by atoms with Crippen LogP contribution in [-0.2, 0) is 24.3 Å². The Balaban J connectivity index is 2.18. The predicted octanol–water partition coefficient (Wildman–Crippen LogP) is 0.562. The fourth-order valence-corrected chi connectivity index (χ4v) is 3.55. The van der Waals surface area contributed by atoms with Crippen LogP contribution < -0.4 is 5.43 Å². The van der Waals surface area contributed by atoms with Gasteiger partial charge in [-0.05, 0) is 25.1 Å². The molecule has 0 unspecified atom stereocenters. The molecule has 9 nitrogen and oxygen atoms in total. The van der Waals surface area contributed by atoms with Crippen LogP contribution in [0.2, 0.25) is 0 Å². The number of benzene rings is 1. The van der Waals surface area contributed by atoms with Crippen molar-refractivity contribution in [2.75, 3.05) is 38.3 Å². The van der Waals surface area contributed by atoms with Crippen LogP contribution in [0.3, 0.4) is 0 Å². The minimum Gasteiger partial charge on any atom is -0.461 e. The summed E-state index contributed by atoms with van der Waals surface area (Å²) in [6.07, 6.45) is 0. The molecule has 0 atom stereocenters. The summed E-state index contributed by atoms with van der Waals surface area (Å²) in [6.45, 7) is 3.02. The van der Waals surface area contributed by atoms with Gasteiger partial charge in [0.2, 0.25) is 15.7 Å². The first-order chi connectivity index (χ1) is 12.0. The van der Waals surface area contributed by atoms with E-state index in [0.29, 0.717) is 32.0 Å². The van der Waals surface area contributed by atoms with Gasteiger partial charge >= 0.3 is 5.97 Å². The predicted molar refractivity (Wildman–Crippen MR) is 89.3 cm³/mol. The molecule has 1 aliphatic rings. The number of carbonyl (C=O) groups excluding carboxylic acids is 1. The van der Waals surface area contributed by atoms with Gasteiger partial charge in [-0.3, -0.25) is 5.43 Å². The van der Waals surface area contributed by atoms with Crippen molar-refractivity contribution in [3.63, 3.8) is 0 Å². The number of sulfonamides is 1. The Kier molecular flexibility index (Phi) is 6.46. The van der Waals surface area contributed by atoms with E-state index in [-0.39, 0.29) is 11.5 Å². The molecule has 0 amide bonds. The Hall–Kier alpha value is -2.48. The average molecular weight is 366 g/mol. The highest BCUT2D eigenvalue weighted by molar-refractivity contribution is 7.89. The summed E-state index contributed by atoms with van der Waals surface area (Å²) in [4.78, 5) is 11.6. The Labute approximate surface area is 145 Å². The molecule has 0 spiro atoms. The number of carbonyl (C=O) groups is 1. The monoisotopic (exact) mass is 366 g/mol. The molecule has 25 heavy (non-hydrogen) atoms. The van der Waals surface area contributed by atoms with Crippen LogP contribution in [0.15, 0.2) is 34.3 Å². The Morgan fingerprint density at radius 2 is 2.16 bits per heavy atom. The van der Waals surface area contributed by atoms with Crippen molar-refractivity contribution < 1.29 is 22.7 Å². The Morgan fingerprint density at radius 3 is 2.80 bits per heavy atom. The largest absolute Gasteiger partial charge is 0.461 e. The number of hydrogen-bond acceptors (Lipinski definition) is 8. The van der Waals surface area contributed by atoms with Gasteiger partial charge in [0.15, 0.2) is 0 Å². The SMILES string of the molecule is CCOC(=O)/C(C#N)=N\Nc1cccc(S(=O)(=O)N2CCOCC2)c1. The van der Waals surface area contributed by atoms with E-state index in [1.54, 1.807) is 25.1 Å². The summed E-state index contributed by atoms with van der Waals surface area (Å²) in [5.74, 6) is -0.852. The number of nitrogens with zero attached hydrogens (tertiary/aromatic N) is 3. The first-order valence-electron chi connectivity index (χ1n) is 7.58. The normalized spacial score (nSPS) is 16.1. The lowest BCUT2D eigenvalue weighted by Gasteiger charge is -2.26. The van der Waals surface area contributed by atoms with Crippen molar-refractivity contribution in [2.24, 2.45) is 5.10 Å². The summed E-state index contributed by atoms with van der Waals surface area (Å²) in [5.41, 5.74) is 2.38. The maximum absolute atomic E-state index is 12.6. The number of nitrogens with one attached hydrogen (secondary N) is 1. The fourth-order valence-electron chi connectivity index (χ4n) is 2.10. The van der Waals surface area contributed by atoms with Gasteiger partial charge in [0.05, 0.1) is 30.4 Å². The van der Waals surface area contributed by atoms with E-state index in [9.17, 15) is 13.2 Å². The highest BCUT2D eigenvalue weighted by Gasteiger charge is 2.26. The zero-order chi connectivity index (χ0) is 18.3. The lowest BCUT2D eigenvalue weighted by atomic mass is 10.3. The molecule has 2 rings (SSSR count). The van der Waals surface area contributed by atoms with Crippen LogP contribution in [0.4, 0.5) is 5.69 Å². The summed E-state index contributed by atoms with van der Waals surface area (Å²) < 4.78 is 36.4. The van der Waals surface area contributed by atoms with Crippen LogP contribution in [-0.4, -0.2) is 57.3 Å². The molecule has 0 aromatic heterocycles. The molecular formula is C15H18N4O5S. The van der Waals surface area contributed by atoms with E-state index in [4.69, 9.17) is 14.7 Å². The van der Waals surface area contributed by atoms with Crippen molar-refractivity contribution in [1.29, 1.82) is 5.26 Å². The van der Waals surface area contributed by atoms with E-state index < -0.39 is 21.7 Å². The van der Waals surface area contributed by atoms with Crippen LogP contribution in [0.25, 0.3) is 0 Å². The highest BCUT2D eigenvalue weighted by Crippen LogP contribution is 2.20. The van der Waals surface area contributed by atoms with Gasteiger partial charge in [0.25, 0.3) is 0 Å². The number of ether oxygens (including phenoxy) is 2.